The van der Waals surface area contributed by atoms with Crippen LogP contribution < -0.4 is 5.43 Å². The zero-order valence-electron chi connectivity index (χ0n) is 13.0. The van der Waals surface area contributed by atoms with E-state index in [0.29, 0.717) is 10.7 Å². The second-order valence-electron chi connectivity index (χ2n) is 5.36. The maximum absolute atomic E-state index is 12.1. The molecule has 3 rings (SSSR count). The smallest absolute Gasteiger partial charge is 0.275 e. The Bertz CT molecular complexity index is 951. The molecule has 0 fully saturated rings. The summed E-state index contributed by atoms with van der Waals surface area (Å²) in [6.45, 7) is 1.81. The highest BCUT2D eigenvalue weighted by molar-refractivity contribution is 6.31. The van der Waals surface area contributed by atoms with Gasteiger partial charge in [-0.3, -0.25) is 4.79 Å². The Kier molecular flexibility index (Phi) is 4.49. The summed E-state index contributed by atoms with van der Waals surface area (Å²) in [6, 6.07) is 18.3. The summed E-state index contributed by atoms with van der Waals surface area (Å²) >= 11 is 5.85. The number of nitrogens with one attached hydrogen (secondary N) is 1. The molecule has 0 atom stereocenters. The fraction of sp³-hybridized carbons (Fsp3) is 0.0526. The lowest BCUT2D eigenvalue weighted by Crippen LogP contribution is -2.19. The molecular formula is C19H15ClN2O2. The van der Waals surface area contributed by atoms with E-state index >= 15 is 0 Å². The number of aromatic hydroxyl groups is 1. The number of hydrogen-bond donors (Lipinski definition) is 2. The number of carbonyl (C=O) groups is 1. The van der Waals surface area contributed by atoms with Gasteiger partial charge in [-0.25, -0.2) is 5.43 Å². The first-order chi connectivity index (χ1) is 11.5. The number of carbonyl (C=O) groups excluding carboxylic acids is 1. The summed E-state index contributed by atoms with van der Waals surface area (Å²) in [4.78, 5) is 12.1. The lowest BCUT2D eigenvalue weighted by atomic mass is 10.0. The van der Waals surface area contributed by atoms with Crippen molar-refractivity contribution in [1.29, 1.82) is 0 Å². The zero-order valence-corrected chi connectivity index (χ0v) is 13.7. The number of hydrogen-bond acceptors (Lipinski definition) is 3. The Morgan fingerprint density at radius 2 is 1.79 bits per heavy atom. The predicted molar refractivity (Wildman–Crippen MR) is 96.7 cm³/mol. The number of halogens is 1. The molecule has 2 N–H and O–H groups in total. The van der Waals surface area contributed by atoms with Crippen molar-refractivity contribution >= 4 is 34.0 Å². The molecule has 0 saturated heterocycles. The first kappa shape index (κ1) is 16.0. The summed E-state index contributed by atoms with van der Waals surface area (Å²) in [5, 5.41) is 16.5. The van der Waals surface area contributed by atoms with Crippen molar-refractivity contribution in [2.45, 2.75) is 6.92 Å². The van der Waals surface area contributed by atoms with Crippen molar-refractivity contribution in [3.05, 3.63) is 76.8 Å². The van der Waals surface area contributed by atoms with Gasteiger partial charge in [0.15, 0.2) is 0 Å². The van der Waals surface area contributed by atoms with Crippen LogP contribution in [0.3, 0.4) is 0 Å². The molecule has 120 valence electrons. The SMILES string of the molecule is C/C(=N\NC(=O)c1cc(Cl)ccc1O)c1ccc2ccccc2c1. The van der Waals surface area contributed by atoms with Gasteiger partial charge in [0.25, 0.3) is 5.91 Å². The maximum Gasteiger partial charge on any atom is 0.275 e. The van der Waals surface area contributed by atoms with Crippen molar-refractivity contribution in [3.8, 4) is 5.75 Å². The van der Waals surface area contributed by atoms with E-state index in [1.165, 1.54) is 18.2 Å². The van der Waals surface area contributed by atoms with Gasteiger partial charge < -0.3 is 5.11 Å². The van der Waals surface area contributed by atoms with E-state index in [4.69, 9.17) is 11.6 Å². The third kappa shape index (κ3) is 3.39. The highest BCUT2D eigenvalue weighted by atomic mass is 35.5. The molecule has 0 spiro atoms. The highest BCUT2D eigenvalue weighted by Crippen LogP contribution is 2.21. The molecule has 0 aliphatic carbocycles. The average Bonchev–Trinajstić information content (AvgIpc) is 2.61. The standard InChI is InChI=1S/C19H15ClN2O2/c1-12(14-7-6-13-4-2-3-5-15(13)10-14)21-22-19(24)17-11-16(20)8-9-18(17)23/h2-11,23H,1H3,(H,22,24)/b21-12+. The first-order valence-corrected chi connectivity index (χ1v) is 7.75. The summed E-state index contributed by atoms with van der Waals surface area (Å²) < 4.78 is 0. The van der Waals surface area contributed by atoms with Gasteiger partial charge in [-0.05, 0) is 47.5 Å². The predicted octanol–water partition coefficient (Wildman–Crippen LogP) is 4.35. The van der Waals surface area contributed by atoms with Gasteiger partial charge >= 0.3 is 0 Å². The van der Waals surface area contributed by atoms with Gasteiger partial charge in [0.2, 0.25) is 0 Å². The number of phenolic OH excluding ortho intramolecular Hbond substituents is 1. The molecule has 5 heteroatoms. The van der Waals surface area contributed by atoms with Crippen molar-refractivity contribution in [2.75, 3.05) is 0 Å². The number of rotatable bonds is 3. The van der Waals surface area contributed by atoms with E-state index in [1.807, 2.05) is 49.4 Å². The molecule has 0 heterocycles. The Labute approximate surface area is 144 Å². The summed E-state index contributed by atoms with van der Waals surface area (Å²) in [5.74, 6) is -0.661. The van der Waals surface area contributed by atoms with Crippen LogP contribution in [-0.4, -0.2) is 16.7 Å². The minimum Gasteiger partial charge on any atom is -0.507 e. The van der Waals surface area contributed by atoms with E-state index in [-0.39, 0.29) is 11.3 Å². The van der Waals surface area contributed by atoms with E-state index < -0.39 is 5.91 Å². The summed E-state index contributed by atoms with van der Waals surface area (Å²) in [5.41, 5.74) is 4.09. The number of nitrogens with zero attached hydrogens (tertiary/aromatic N) is 1. The monoisotopic (exact) mass is 338 g/mol. The molecule has 3 aromatic carbocycles. The fourth-order valence-corrected chi connectivity index (χ4v) is 2.54. The highest BCUT2D eigenvalue weighted by Gasteiger charge is 2.11. The van der Waals surface area contributed by atoms with Crippen molar-refractivity contribution in [2.24, 2.45) is 5.10 Å². The van der Waals surface area contributed by atoms with E-state index in [2.05, 4.69) is 10.5 Å². The number of amides is 1. The van der Waals surface area contributed by atoms with Gasteiger partial charge in [-0.2, -0.15) is 5.10 Å². The molecule has 0 radical (unpaired) electrons. The van der Waals surface area contributed by atoms with Crippen LogP contribution in [0.1, 0.15) is 22.8 Å². The van der Waals surface area contributed by atoms with Crippen molar-refractivity contribution in [1.82, 2.24) is 5.43 Å². The minimum atomic E-state index is -0.518. The lowest BCUT2D eigenvalue weighted by molar-refractivity contribution is 0.0952. The Hall–Kier alpha value is -2.85. The molecule has 1 amide bonds. The van der Waals surface area contributed by atoms with Crippen LogP contribution in [0.4, 0.5) is 0 Å². The molecule has 4 nitrogen and oxygen atoms in total. The Morgan fingerprint density at radius 1 is 1.04 bits per heavy atom. The fourth-order valence-electron chi connectivity index (χ4n) is 2.36. The normalized spacial score (nSPS) is 11.5. The van der Waals surface area contributed by atoms with Crippen LogP contribution in [0.25, 0.3) is 10.8 Å². The molecule has 0 bridgehead atoms. The molecule has 24 heavy (non-hydrogen) atoms. The minimum absolute atomic E-state index is 0.0811. The number of hydrazone groups is 1. The third-order valence-corrected chi connectivity index (χ3v) is 3.93. The van der Waals surface area contributed by atoms with Gasteiger partial charge in [-0.1, -0.05) is 48.0 Å². The number of phenols is 1. The molecule has 0 saturated carbocycles. The van der Waals surface area contributed by atoms with Gasteiger partial charge in [-0.15, -0.1) is 0 Å². The Balaban J connectivity index is 1.82. The van der Waals surface area contributed by atoms with E-state index in [1.54, 1.807) is 0 Å². The first-order valence-electron chi connectivity index (χ1n) is 7.37. The van der Waals surface area contributed by atoms with E-state index in [9.17, 15) is 9.90 Å². The molecule has 0 aliphatic rings. The average molecular weight is 339 g/mol. The van der Waals surface area contributed by atoms with Crippen LogP contribution in [0, 0.1) is 0 Å². The lowest BCUT2D eigenvalue weighted by Gasteiger charge is -2.06. The van der Waals surface area contributed by atoms with Crippen molar-refractivity contribution in [3.63, 3.8) is 0 Å². The van der Waals surface area contributed by atoms with Crippen molar-refractivity contribution < 1.29 is 9.90 Å². The van der Waals surface area contributed by atoms with Crippen LogP contribution in [0.15, 0.2) is 65.8 Å². The zero-order chi connectivity index (χ0) is 17.1. The van der Waals surface area contributed by atoms with Crippen LogP contribution in [0.2, 0.25) is 5.02 Å². The number of benzene rings is 3. The molecule has 3 aromatic rings. The van der Waals surface area contributed by atoms with Crippen LogP contribution in [0.5, 0.6) is 5.75 Å². The van der Waals surface area contributed by atoms with Gasteiger partial charge in [0.1, 0.15) is 5.75 Å². The molecule has 0 aliphatic heterocycles. The topological polar surface area (TPSA) is 61.7 Å². The van der Waals surface area contributed by atoms with Crippen LogP contribution in [-0.2, 0) is 0 Å². The number of fused-ring (bicyclic) bond motifs is 1. The van der Waals surface area contributed by atoms with Gasteiger partial charge in [0.05, 0.1) is 11.3 Å². The maximum atomic E-state index is 12.1. The second-order valence-corrected chi connectivity index (χ2v) is 5.80. The van der Waals surface area contributed by atoms with E-state index in [0.717, 1.165) is 16.3 Å². The third-order valence-electron chi connectivity index (χ3n) is 3.70. The second kappa shape index (κ2) is 6.72. The quantitative estimate of drug-likeness (QED) is 0.551. The molecule has 0 unspecified atom stereocenters. The van der Waals surface area contributed by atoms with Crippen LogP contribution >= 0.6 is 11.6 Å². The largest absolute Gasteiger partial charge is 0.507 e. The Morgan fingerprint density at radius 3 is 2.58 bits per heavy atom. The molecule has 0 aromatic heterocycles. The van der Waals surface area contributed by atoms with Gasteiger partial charge in [0, 0.05) is 5.02 Å². The summed E-state index contributed by atoms with van der Waals surface area (Å²) in [6.07, 6.45) is 0. The summed E-state index contributed by atoms with van der Waals surface area (Å²) in [7, 11) is 0. The molecular weight excluding hydrogens is 324 g/mol.